The molecular formula is C24H23FN4O4S. The van der Waals surface area contributed by atoms with Crippen molar-refractivity contribution in [2.45, 2.75) is 24.4 Å². The fourth-order valence-electron chi connectivity index (χ4n) is 4.48. The van der Waals surface area contributed by atoms with Gasteiger partial charge < -0.3 is 9.30 Å². The van der Waals surface area contributed by atoms with Gasteiger partial charge in [-0.25, -0.2) is 17.5 Å². The van der Waals surface area contributed by atoms with Crippen LogP contribution >= 0.6 is 0 Å². The van der Waals surface area contributed by atoms with Gasteiger partial charge >= 0.3 is 0 Å². The molecule has 1 aliphatic heterocycles. The molecule has 10 heteroatoms. The first-order valence-corrected chi connectivity index (χ1v) is 12.2. The third-order valence-corrected chi connectivity index (χ3v) is 8.19. The van der Waals surface area contributed by atoms with Gasteiger partial charge in [0, 0.05) is 36.3 Å². The smallest absolute Gasteiger partial charge is 0.291 e. The SMILES string of the molecule is COc1ccc(Cn2ncc3c4c(n(C)c3c2=O)CN(S(=O)(=O)c2ccccc2)CC4)c(F)c1. The van der Waals surface area contributed by atoms with Gasteiger partial charge in [-0.3, -0.25) is 4.79 Å². The third kappa shape index (κ3) is 3.59. The molecule has 0 aliphatic carbocycles. The Hall–Kier alpha value is -3.50. The van der Waals surface area contributed by atoms with Crippen LogP contribution < -0.4 is 10.3 Å². The molecule has 0 saturated carbocycles. The molecule has 0 radical (unpaired) electrons. The summed E-state index contributed by atoms with van der Waals surface area (Å²) >= 11 is 0. The molecule has 0 atom stereocenters. The standard InChI is InChI=1S/C24H23FN4O4S/c1-27-22-15-28(34(31,32)18-6-4-3-5-7-18)11-10-19(22)20-13-26-29(24(30)23(20)27)14-16-8-9-17(33-2)12-21(16)25/h3-9,12-13H,10-11,14-15H2,1-2H3. The maximum absolute atomic E-state index is 14.4. The highest BCUT2D eigenvalue weighted by molar-refractivity contribution is 7.89. The molecule has 0 spiro atoms. The van der Waals surface area contributed by atoms with Crippen molar-refractivity contribution in [2.24, 2.45) is 7.05 Å². The van der Waals surface area contributed by atoms with E-state index in [1.807, 2.05) is 0 Å². The quantitative estimate of drug-likeness (QED) is 0.437. The molecule has 0 N–H and O–H groups in total. The van der Waals surface area contributed by atoms with E-state index >= 15 is 0 Å². The number of rotatable bonds is 5. The van der Waals surface area contributed by atoms with Gasteiger partial charge in [-0.1, -0.05) is 24.3 Å². The lowest BCUT2D eigenvalue weighted by Gasteiger charge is -2.27. The Labute approximate surface area is 195 Å². The highest BCUT2D eigenvalue weighted by Gasteiger charge is 2.32. The first-order valence-electron chi connectivity index (χ1n) is 10.7. The highest BCUT2D eigenvalue weighted by atomic mass is 32.2. The summed E-state index contributed by atoms with van der Waals surface area (Å²) in [6, 6.07) is 12.8. The second-order valence-electron chi connectivity index (χ2n) is 8.21. The number of nitrogens with zero attached hydrogens (tertiary/aromatic N) is 4. The zero-order valence-corrected chi connectivity index (χ0v) is 19.5. The van der Waals surface area contributed by atoms with Crippen LogP contribution in [-0.2, 0) is 36.6 Å². The van der Waals surface area contributed by atoms with E-state index in [0.29, 0.717) is 35.2 Å². The maximum Gasteiger partial charge on any atom is 0.291 e. The number of methoxy groups -OCH3 is 1. The van der Waals surface area contributed by atoms with Gasteiger partial charge in [0.05, 0.1) is 31.3 Å². The van der Waals surface area contributed by atoms with Crippen molar-refractivity contribution in [1.82, 2.24) is 18.7 Å². The molecule has 1 aliphatic rings. The van der Waals surface area contributed by atoms with Crippen molar-refractivity contribution in [3.8, 4) is 5.75 Å². The summed E-state index contributed by atoms with van der Waals surface area (Å²) in [5.74, 6) is -0.0942. The summed E-state index contributed by atoms with van der Waals surface area (Å²) in [5, 5.41) is 4.98. The minimum atomic E-state index is -3.66. The molecule has 4 aromatic rings. The van der Waals surface area contributed by atoms with Gasteiger partial charge in [-0.05, 0) is 30.2 Å². The summed E-state index contributed by atoms with van der Waals surface area (Å²) < 4.78 is 50.1. The molecule has 2 aromatic carbocycles. The summed E-state index contributed by atoms with van der Waals surface area (Å²) in [7, 11) is -0.454. The van der Waals surface area contributed by atoms with Crippen LogP contribution in [0.1, 0.15) is 16.8 Å². The van der Waals surface area contributed by atoms with E-state index in [4.69, 9.17) is 4.74 Å². The maximum atomic E-state index is 14.4. The summed E-state index contributed by atoms with van der Waals surface area (Å²) in [4.78, 5) is 13.5. The number of hydrogen-bond acceptors (Lipinski definition) is 5. The lowest BCUT2D eigenvalue weighted by atomic mass is 10.1. The molecule has 8 nitrogen and oxygen atoms in total. The number of halogens is 1. The van der Waals surface area contributed by atoms with E-state index in [-0.39, 0.29) is 23.5 Å². The summed E-state index contributed by atoms with van der Waals surface area (Å²) in [5.41, 5.74) is 2.06. The Morgan fingerprint density at radius 3 is 2.62 bits per heavy atom. The second-order valence-corrected chi connectivity index (χ2v) is 10.2. The first kappa shape index (κ1) is 22.3. The van der Waals surface area contributed by atoms with Gasteiger partial charge in [-0.15, -0.1) is 0 Å². The fourth-order valence-corrected chi connectivity index (χ4v) is 5.91. The van der Waals surface area contributed by atoms with Crippen molar-refractivity contribution in [3.63, 3.8) is 0 Å². The van der Waals surface area contributed by atoms with Crippen LogP contribution in [-0.4, -0.2) is 40.7 Å². The average Bonchev–Trinajstić information content (AvgIpc) is 3.14. The van der Waals surface area contributed by atoms with E-state index in [9.17, 15) is 17.6 Å². The molecular weight excluding hydrogens is 459 g/mol. The first-order chi connectivity index (χ1) is 16.3. The van der Waals surface area contributed by atoms with Crippen molar-refractivity contribution in [1.29, 1.82) is 0 Å². The van der Waals surface area contributed by atoms with Crippen molar-refractivity contribution in [2.75, 3.05) is 13.7 Å². The number of ether oxygens (including phenoxy) is 1. The van der Waals surface area contributed by atoms with Crippen LogP contribution in [0.3, 0.4) is 0 Å². The molecule has 176 valence electrons. The zero-order chi connectivity index (χ0) is 24.0. The third-order valence-electron chi connectivity index (χ3n) is 6.33. The van der Waals surface area contributed by atoms with Crippen molar-refractivity contribution >= 4 is 20.9 Å². The number of sulfonamides is 1. The number of hydrogen-bond donors (Lipinski definition) is 0. The van der Waals surface area contributed by atoms with E-state index < -0.39 is 15.8 Å². The van der Waals surface area contributed by atoms with Gasteiger partial charge in [0.2, 0.25) is 10.0 Å². The van der Waals surface area contributed by atoms with Gasteiger partial charge in [-0.2, -0.15) is 9.40 Å². The normalized spacial score (nSPS) is 14.3. The monoisotopic (exact) mass is 482 g/mol. The molecule has 5 rings (SSSR count). The molecule has 0 fully saturated rings. The largest absolute Gasteiger partial charge is 0.497 e. The minimum Gasteiger partial charge on any atom is -0.497 e. The Morgan fingerprint density at radius 1 is 1.15 bits per heavy atom. The number of benzene rings is 2. The van der Waals surface area contributed by atoms with Crippen LogP contribution in [0.5, 0.6) is 5.75 Å². The van der Waals surface area contributed by atoms with Gasteiger partial charge in [0.25, 0.3) is 5.56 Å². The van der Waals surface area contributed by atoms with E-state index in [0.717, 1.165) is 11.3 Å². The van der Waals surface area contributed by atoms with E-state index in [1.165, 1.54) is 22.2 Å². The fraction of sp³-hybridized carbons (Fsp3) is 0.250. The van der Waals surface area contributed by atoms with Crippen molar-refractivity contribution < 1.29 is 17.5 Å². The molecule has 0 amide bonds. The molecule has 0 bridgehead atoms. The number of aryl methyl sites for hydroxylation is 1. The predicted molar refractivity (Wildman–Crippen MR) is 125 cm³/mol. The van der Waals surface area contributed by atoms with Crippen molar-refractivity contribution in [3.05, 3.63) is 87.7 Å². The number of fused-ring (bicyclic) bond motifs is 3. The minimum absolute atomic E-state index is 0.0328. The molecule has 3 heterocycles. The average molecular weight is 483 g/mol. The topological polar surface area (TPSA) is 86.4 Å². The molecule has 0 unspecified atom stereocenters. The second kappa shape index (κ2) is 8.37. The van der Waals surface area contributed by atoms with E-state index in [2.05, 4.69) is 5.10 Å². The van der Waals surface area contributed by atoms with Crippen LogP contribution in [0.2, 0.25) is 0 Å². The Balaban J connectivity index is 1.52. The van der Waals surface area contributed by atoms with Crippen LogP contribution in [0.15, 0.2) is 64.4 Å². The Morgan fingerprint density at radius 2 is 1.91 bits per heavy atom. The zero-order valence-electron chi connectivity index (χ0n) is 18.7. The van der Waals surface area contributed by atoms with Crippen LogP contribution in [0, 0.1) is 5.82 Å². The summed E-state index contributed by atoms with van der Waals surface area (Å²) in [6.45, 7) is 0.433. The molecule has 2 aromatic heterocycles. The lowest BCUT2D eigenvalue weighted by Crippen LogP contribution is -2.36. The van der Waals surface area contributed by atoms with Crippen LogP contribution in [0.4, 0.5) is 4.39 Å². The van der Waals surface area contributed by atoms with Gasteiger partial charge in [0.15, 0.2) is 0 Å². The Kier molecular flexibility index (Phi) is 5.49. The summed E-state index contributed by atoms with van der Waals surface area (Å²) in [6.07, 6.45) is 2.08. The van der Waals surface area contributed by atoms with E-state index in [1.54, 1.807) is 60.3 Å². The molecule has 0 saturated heterocycles. The molecule has 34 heavy (non-hydrogen) atoms. The highest BCUT2D eigenvalue weighted by Crippen LogP contribution is 2.30. The Bertz CT molecular complexity index is 1560. The predicted octanol–water partition coefficient (Wildman–Crippen LogP) is 2.68. The number of aromatic nitrogens is 3. The lowest BCUT2D eigenvalue weighted by molar-refractivity contribution is 0.382. The van der Waals surface area contributed by atoms with Gasteiger partial charge in [0.1, 0.15) is 17.1 Å². The van der Waals surface area contributed by atoms with Crippen LogP contribution in [0.25, 0.3) is 10.9 Å².